The first kappa shape index (κ1) is 17.5. The summed E-state index contributed by atoms with van der Waals surface area (Å²) in [6.07, 6.45) is 2.75. The molecule has 0 spiro atoms. The first-order chi connectivity index (χ1) is 12.2. The molecule has 1 aliphatic heterocycles. The van der Waals surface area contributed by atoms with Crippen molar-refractivity contribution in [2.75, 3.05) is 17.7 Å². The number of thioether (sulfide) groups is 1. The summed E-state index contributed by atoms with van der Waals surface area (Å²) >= 11 is 1.59. The molecule has 1 atom stereocenters. The van der Waals surface area contributed by atoms with Gasteiger partial charge in [-0.2, -0.15) is 4.98 Å². The van der Waals surface area contributed by atoms with Gasteiger partial charge in [0, 0.05) is 17.6 Å². The van der Waals surface area contributed by atoms with Crippen molar-refractivity contribution in [3.8, 4) is 0 Å². The zero-order valence-corrected chi connectivity index (χ0v) is 15.3. The van der Waals surface area contributed by atoms with Gasteiger partial charge in [-0.15, -0.1) is 5.10 Å². The van der Waals surface area contributed by atoms with E-state index in [-0.39, 0.29) is 5.97 Å². The first-order valence-electron chi connectivity index (χ1n) is 8.30. The summed E-state index contributed by atoms with van der Waals surface area (Å²) in [4.78, 5) is 21.5. The van der Waals surface area contributed by atoms with Gasteiger partial charge in [0.1, 0.15) is 6.04 Å². The standard InChI is InChI=1S/C17H21N5O2S/c1-4-10-25-17-20-16-19-11(3)13(15(23)24-5-2)14(22(16)21-17)12-8-6-7-9-18-12/h6-9,14H,4-5,10H2,1-3H3,(H,19,20,21). The predicted molar refractivity (Wildman–Crippen MR) is 96.4 cm³/mol. The second-order valence-electron chi connectivity index (χ2n) is 5.55. The van der Waals surface area contributed by atoms with Crippen LogP contribution in [0.2, 0.25) is 0 Å². The minimum Gasteiger partial charge on any atom is -0.463 e. The van der Waals surface area contributed by atoms with E-state index < -0.39 is 6.04 Å². The molecule has 3 rings (SSSR count). The summed E-state index contributed by atoms with van der Waals surface area (Å²) in [5.74, 6) is 1.18. The third-order valence-electron chi connectivity index (χ3n) is 3.73. The zero-order valence-electron chi connectivity index (χ0n) is 14.5. The van der Waals surface area contributed by atoms with Crippen molar-refractivity contribution in [2.24, 2.45) is 0 Å². The Morgan fingerprint density at radius 2 is 2.24 bits per heavy atom. The predicted octanol–water partition coefficient (Wildman–Crippen LogP) is 3.03. The Labute approximate surface area is 150 Å². The number of rotatable bonds is 6. The van der Waals surface area contributed by atoms with Crippen LogP contribution in [0.25, 0.3) is 0 Å². The molecule has 0 bridgehead atoms. The Kier molecular flexibility index (Phi) is 5.37. The molecule has 25 heavy (non-hydrogen) atoms. The molecule has 0 aromatic carbocycles. The van der Waals surface area contributed by atoms with Crippen molar-refractivity contribution in [1.29, 1.82) is 0 Å². The number of nitrogens with zero attached hydrogens (tertiary/aromatic N) is 4. The van der Waals surface area contributed by atoms with E-state index in [1.807, 2.05) is 25.1 Å². The van der Waals surface area contributed by atoms with Crippen molar-refractivity contribution >= 4 is 23.7 Å². The number of anilines is 1. The van der Waals surface area contributed by atoms with Gasteiger partial charge in [0.15, 0.2) is 0 Å². The lowest BCUT2D eigenvalue weighted by molar-refractivity contribution is -0.139. The van der Waals surface area contributed by atoms with E-state index in [1.54, 1.807) is 29.6 Å². The summed E-state index contributed by atoms with van der Waals surface area (Å²) in [7, 11) is 0. The second-order valence-corrected chi connectivity index (χ2v) is 6.61. The van der Waals surface area contributed by atoms with E-state index in [4.69, 9.17) is 4.74 Å². The largest absolute Gasteiger partial charge is 0.463 e. The number of esters is 1. The number of allylic oxidation sites excluding steroid dienone is 1. The molecule has 0 saturated carbocycles. The van der Waals surface area contributed by atoms with E-state index in [0.29, 0.717) is 29.0 Å². The third kappa shape index (κ3) is 3.53. The van der Waals surface area contributed by atoms with Gasteiger partial charge in [-0.25, -0.2) is 9.48 Å². The highest BCUT2D eigenvalue weighted by Gasteiger charge is 2.35. The van der Waals surface area contributed by atoms with Crippen LogP contribution in [0, 0.1) is 0 Å². The van der Waals surface area contributed by atoms with Crippen LogP contribution in [0.5, 0.6) is 0 Å². The van der Waals surface area contributed by atoms with E-state index in [1.165, 1.54) is 0 Å². The molecular formula is C17H21N5O2S. The summed E-state index contributed by atoms with van der Waals surface area (Å²) < 4.78 is 6.98. The van der Waals surface area contributed by atoms with E-state index >= 15 is 0 Å². The Balaban J connectivity index is 2.07. The number of hydrogen-bond donors (Lipinski definition) is 1. The Hall–Kier alpha value is -2.35. The highest BCUT2D eigenvalue weighted by atomic mass is 32.2. The zero-order chi connectivity index (χ0) is 17.8. The molecule has 2 aromatic heterocycles. The maximum atomic E-state index is 12.6. The van der Waals surface area contributed by atoms with Crippen LogP contribution in [-0.2, 0) is 9.53 Å². The van der Waals surface area contributed by atoms with Gasteiger partial charge < -0.3 is 10.1 Å². The molecule has 1 unspecified atom stereocenters. The number of fused-ring (bicyclic) bond motifs is 1. The quantitative estimate of drug-likeness (QED) is 0.627. The van der Waals surface area contributed by atoms with Crippen molar-refractivity contribution in [2.45, 2.75) is 38.4 Å². The number of ether oxygens (including phenoxy) is 1. The van der Waals surface area contributed by atoms with E-state index in [9.17, 15) is 4.79 Å². The number of hydrogen-bond acceptors (Lipinski definition) is 7. The number of pyridine rings is 1. The molecule has 0 fully saturated rings. The maximum absolute atomic E-state index is 12.6. The summed E-state index contributed by atoms with van der Waals surface area (Å²) in [6, 6.07) is 5.16. The average molecular weight is 359 g/mol. The van der Waals surface area contributed by atoms with Crippen LogP contribution in [0.4, 0.5) is 5.95 Å². The van der Waals surface area contributed by atoms with Gasteiger partial charge in [0.05, 0.1) is 17.9 Å². The second kappa shape index (κ2) is 7.69. The van der Waals surface area contributed by atoms with Crippen molar-refractivity contribution in [3.05, 3.63) is 41.4 Å². The van der Waals surface area contributed by atoms with Crippen molar-refractivity contribution in [1.82, 2.24) is 19.7 Å². The van der Waals surface area contributed by atoms with Crippen molar-refractivity contribution < 1.29 is 9.53 Å². The minimum absolute atomic E-state index is 0.312. The molecule has 0 aliphatic carbocycles. The molecule has 8 heteroatoms. The molecule has 0 radical (unpaired) electrons. The van der Waals surface area contributed by atoms with Gasteiger partial charge in [-0.1, -0.05) is 24.8 Å². The highest BCUT2D eigenvalue weighted by Crippen LogP contribution is 2.35. The van der Waals surface area contributed by atoms with E-state index in [0.717, 1.165) is 17.9 Å². The number of carbonyl (C=O) groups excluding carboxylic acids is 1. The van der Waals surface area contributed by atoms with Crippen LogP contribution in [0.3, 0.4) is 0 Å². The summed E-state index contributed by atoms with van der Waals surface area (Å²) in [6.45, 7) is 6.06. The third-order valence-corrected chi connectivity index (χ3v) is 4.78. The van der Waals surface area contributed by atoms with Crippen LogP contribution < -0.4 is 5.32 Å². The van der Waals surface area contributed by atoms with E-state index in [2.05, 4.69) is 27.3 Å². The highest BCUT2D eigenvalue weighted by molar-refractivity contribution is 7.99. The number of carbonyl (C=O) groups is 1. The Morgan fingerprint density at radius 3 is 2.92 bits per heavy atom. The SMILES string of the molecule is CCCSc1nc2n(n1)C(c1ccccn1)C(C(=O)OCC)=C(C)N2. The maximum Gasteiger partial charge on any atom is 0.338 e. The fourth-order valence-corrected chi connectivity index (χ4v) is 3.35. The molecule has 0 saturated heterocycles. The van der Waals surface area contributed by atoms with Crippen LogP contribution in [0.15, 0.2) is 40.8 Å². The van der Waals surface area contributed by atoms with Gasteiger partial charge in [-0.05, 0) is 32.4 Å². The molecule has 1 N–H and O–H groups in total. The molecule has 7 nitrogen and oxygen atoms in total. The topological polar surface area (TPSA) is 81.9 Å². The van der Waals surface area contributed by atoms with Crippen LogP contribution in [-0.4, -0.2) is 38.1 Å². The van der Waals surface area contributed by atoms with Crippen molar-refractivity contribution in [3.63, 3.8) is 0 Å². The van der Waals surface area contributed by atoms with Gasteiger partial charge >= 0.3 is 5.97 Å². The monoisotopic (exact) mass is 359 g/mol. The fourth-order valence-electron chi connectivity index (χ4n) is 2.67. The molecule has 2 aromatic rings. The van der Waals surface area contributed by atoms with Gasteiger partial charge in [0.25, 0.3) is 0 Å². The average Bonchev–Trinajstić information content (AvgIpc) is 3.01. The van der Waals surface area contributed by atoms with Gasteiger partial charge in [0.2, 0.25) is 11.1 Å². The Bertz CT molecular complexity index is 788. The molecule has 0 amide bonds. The fraction of sp³-hybridized carbons (Fsp3) is 0.412. The van der Waals surface area contributed by atoms with Crippen LogP contribution >= 0.6 is 11.8 Å². The lowest BCUT2D eigenvalue weighted by atomic mass is 10.00. The molecular weight excluding hydrogens is 338 g/mol. The lowest BCUT2D eigenvalue weighted by Gasteiger charge is -2.27. The Morgan fingerprint density at radius 1 is 1.40 bits per heavy atom. The number of nitrogens with one attached hydrogen (secondary N) is 1. The minimum atomic E-state index is -0.458. The normalized spacial score (nSPS) is 16.4. The smallest absolute Gasteiger partial charge is 0.338 e. The first-order valence-corrected chi connectivity index (χ1v) is 9.29. The lowest BCUT2D eigenvalue weighted by Crippen LogP contribution is -2.30. The molecule has 3 heterocycles. The molecule has 1 aliphatic rings. The van der Waals surface area contributed by atoms with Crippen LogP contribution in [0.1, 0.15) is 38.9 Å². The molecule has 132 valence electrons. The van der Waals surface area contributed by atoms with Gasteiger partial charge in [-0.3, -0.25) is 4.98 Å². The number of aromatic nitrogens is 4. The summed E-state index contributed by atoms with van der Waals surface area (Å²) in [5.41, 5.74) is 1.94. The summed E-state index contributed by atoms with van der Waals surface area (Å²) in [5, 5.41) is 8.45.